The fraction of sp³-hybridized carbons (Fsp3) is 0.231. The van der Waals surface area contributed by atoms with Crippen LogP contribution in [0.4, 0.5) is 5.69 Å². The van der Waals surface area contributed by atoms with Crippen LogP contribution in [0, 0.1) is 13.8 Å². The predicted octanol–water partition coefficient (Wildman–Crippen LogP) is 1.15. The molecule has 4 N–H and O–H groups in total. The summed E-state index contributed by atoms with van der Waals surface area (Å²) in [6, 6.07) is 3.66. The van der Waals surface area contributed by atoms with Crippen LogP contribution in [0.3, 0.4) is 0 Å². The molecular formula is C13H15N5O2. The molecule has 2 amide bonds. The first-order chi connectivity index (χ1) is 9.40. The molecule has 0 saturated carbocycles. The van der Waals surface area contributed by atoms with Crippen LogP contribution >= 0.6 is 0 Å². The van der Waals surface area contributed by atoms with Crippen LogP contribution in [0.25, 0.3) is 11.3 Å². The number of H-pyrrole nitrogens is 1. The van der Waals surface area contributed by atoms with Gasteiger partial charge < -0.3 is 11.1 Å². The Labute approximate surface area is 115 Å². The Morgan fingerprint density at radius 3 is 2.45 bits per heavy atom. The fourth-order valence-corrected chi connectivity index (χ4v) is 1.90. The largest absolute Gasteiger partial charge is 0.364 e. The lowest BCUT2D eigenvalue weighted by Gasteiger charge is -2.12. The maximum absolute atomic E-state index is 11.4. The first-order valence-electron chi connectivity index (χ1n) is 6.00. The number of carbonyl (C=O) groups is 2. The van der Waals surface area contributed by atoms with Crippen molar-refractivity contribution in [1.82, 2.24) is 15.4 Å². The van der Waals surface area contributed by atoms with Gasteiger partial charge in [0.05, 0.1) is 5.69 Å². The number of amides is 2. The zero-order valence-corrected chi connectivity index (χ0v) is 11.4. The second kappa shape index (κ2) is 5.12. The van der Waals surface area contributed by atoms with Gasteiger partial charge in [0.1, 0.15) is 5.69 Å². The highest BCUT2D eigenvalue weighted by molar-refractivity contribution is 6.00. The third-order valence-electron chi connectivity index (χ3n) is 2.98. The van der Waals surface area contributed by atoms with Gasteiger partial charge in [0.2, 0.25) is 5.91 Å². The summed E-state index contributed by atoms with van der Waals surface area (Å²) in [5.41, 5.74) is 8.82. The molecule has 1 aromatic carbocycles. The number of rotatable bonds is 3. The molecule has 0 radical (unpaired) electrons. The highest BCUT2D eigenvalue weighted by atomic mass is 16.1. The van der Waals surface area contributed by atoms with Gasteiger partial charge in [0.15, 0.2) is 5.69 Å². The number of aromatic nitrogens is 3. The van der Waals surface area contributed by atoms with Crippen LogP contribution in [-0.2, 0) is 4.79 Å². The van der Waals surface area contributed by atoms with Gasteiger partial charge in [-0.15, -0.1) is 0 Å². The Bertz CT molecular complexity index is 690. The second-order valence-corrected chi connectivity index (χ2v) is 4.55. The van der Waals surface area contributed by atoms with E-state index in [0.29, 0.717) is 16.9 Å². The fourth-order valence-electron chi connectivity index (χ4n) is 1.90. The maximum atomic E-state index is 11.4. The third-order valence-corrected chi connectivity index (χ3v) is 2.98. The molecule has 0 bridgehead atoms. The number of nitrogens with two attached hydrogens (primary N) is 1. The average Bonchev–Trinajstić information content (AvgIpc) is 2.81. The molecule has 0 unspecified atom stereocenters. The van der Waals surface area contributed by atoms with Gasteiger partial charge in [0, 0.05) is 12.5 Å². The number of aryl methyl sites for hydroxylation is 2. The number of carbonyl (C=O) groups excluding carboxylic acids is 2. The summed E-state index contributed by atoms with van der Waals surface area (Å²) in [5, 5.41) is 12.8. The molecule has 7 nitrogen and oxygen atoms in total. The van der Waals surface area contributed by atoms with E-state index in [4.69, 9.17) is 5.73 Å². The zero-order valence-electron chi connectivity index (χ0n) is 11.4. The quantitative estimate of drug-likeness (QED) is 0.778. The van der Waals surface area contributed by atoms with Crippen molar-refractivity contribution in [2.75, 3.05) is 5.32 Å². The van der Waals surface area contributed by atoms with Gasteiger partial charge in [-0.1, -0.05) is 0 Å². The highest BCUT2D eigenvalue weighted by Gasteiger charge is 2.19. The van der Waals surface area contributed by atoms with E-state index < -0.39 is 5.91 Å². The van der Waals surface area contributed by atoms with Crippen LogP contribution in [0.1, 0.15) is 28.5 Å². The minimum Gasteiger partial charge on any atom is -0.364 e. The van der Waals surface area contributed by atoms with Gasteiger partial charge in [-0.3, -0.25) is 9.59 Å². The topological polar surface area (TPSA) is 114 Å². The SMILES string of the molecule is CC(=O)Nc1cc(C)c(C)cc1-c1n[nH]nc1C(N)=O. The molecule has 0 spiro atoms. The first-order valence-corrected chi connectivity index (χ1v) is 6.00. The first kappa shape index (κ1) is 13.7. The van der Waals surface area contributed by atoms with Crippen molar-refractivity contribution < 1.29 is 9.59 Å². The van der Waals surface area contributed by atoms with E-state index in [0.717, 1.165) is 11.1 Å². The van der Waals surface area contributed by atoms with E-state index in [9.17, 15) is 9.59 Å². The molecule has 1 aromatic heterocycles. The van der Waals surface area contributed by atoms with Crippen molar-refractivity contribution in [3.05, 3.63) is 29.0 Å². The van der Waals surface area contributed by atoms with Crippen LogP contribution in [0.15, 0.2) is 12.1 Å². The standard InChI is InChI=1S/C13H15N5O2/c1-6-4-9(10(5-7(6)2)15-8(3)19)11-12(13(14)20)17-18-16-11/h4-5H,1-3H3,(H2,14,20)(H,15,19)(H,16,17,18). The number of nitrogens with one attached hydrogen (secondary N) is 2. The number of nitrogens with zero attached hydrogens (tertiary/aromatic N) is 2. The summed E-state index contributed by atoms with van der Waals surface area (Å²) in [6.07, 6.45) is 0. The molecular weight excluding hydrogens is 258 g/mol. The summed E-state index contributed by atoms with van der Waals surface area (Å²) in [6.45, 7) is 5.28. The summed E-state index contributed by atoms with van der Waals surface area (Å²) < 4.78 is 0. The summed E-state index contributed by atoms with van der Waals surface area (Å²) >= 11 is 0. The molecule has 1 heterocycles. The maximum Gasteiger partial charge on any atom is 0.271 e. The van der Waals surface area contributed by atoms with Crippen molar-refractivity contribution >= 4 is 17.5 Å². The second-order valence-electron chi connectivity index (χ2n) is 4.55. The summed E-state index contributed by atoms with van der Waals surface area (Å²) in [5.74, 6) is -0.889. The van der Waals surface area contributed by atoms with E-state index in [1.807, 2.05) is 26.0 Å². The van der Waals surface area contributed by atoms with Crippen LogP contribution in [0.2, 0.25) is 0 Å². The van der Waals surface area contributed by atoms with Crippen LogP contribution in [-0.4, -0.2) is 27.2 Å². The van der Waals surface area contributed by atoms with E-state index in [1.165, 1.54) is 6.92 Å². The molecule has 0 fully saturated rings. The van der Waals surface area contributed by atoms with Gasteiger partial charge in [0.25, 0.3) is 5.91 Å². The lowest BCUT2D eigenvalue weighted by molar-refractivity contribution is -0.114. The Morgan fingerprint density at radius 1 is 1.20 bits per heavy atom. The number of hydrogen-bond donors (Lipinski definition) is 3. The number of anilines is 1. The van der Waals surface area contributed by atoms with E-state index in [1.54, 1.807) is 0 Å². The molecule has 0 aliphatic heterocycles. The number of aromatic amines is 1. The lowest BCUT2D eigenvalue weighted by Crippen LogP contribution is -2.14. The molecule has 104 valence electrons. The third kappa shape index (κ3) is 2.51. The minimum absolute atomic E-state index is 0.0415. The van der Waals surface area contributed by atoms with Crippen molar-refractivity contribution in [3.8, 4) is 11.3 Å². The number of benzene rings is 1. The van der Waals surface area contributed by atoms with E-state index >= 15 is 0 Å². The summed E-state index contributed by atoms with van der Waals surface area (Å²) in [7, 11) is 0. The molecule has 2 aromatic rings. The minimum atomic E-state index is -0.680. The monoisotopic (exact) mass is 273 g/mol. The number of primary amides is 1. The lowest BCUT2D eigenvalue weighted by atomic mass is 10.0. The smallest absolute Gasteiger partial charge is 0.271 e. The molecule has 0 saturated heterocycles. The predicted molar refractivity (Wildman–Crippen MR) is 74.1 cm³/mol. The van der Waals surface area contributed by atoms with Crippen molar-refractivity contribution in [3.63, 3.8) is 0 Å². The van der Waals surface area contributed by atoms with E-state index in [-0.39, 0.29) is 11.6 Å². The molecule has 0 aliphatic carbocycles. The van der Waals surface area contributed by atoms with Crippen molar-refractivity contribution in [2.45, 2.75) is 20.8 Å². The highest BCUT2D eigenvalue weighted by Crippen LogP contribution is 2.31. The van der Waals surface area contributed by atoms with Crippen molar-refractivity contribution in [2.24, 2.45) is 5.73 Å². The van der Waals surface area contributed by atoms with Gasteiger partial charge in [-0.25, -0.2) is 0 Å². The van der Waals surface area contributed by atoms with Crippen molar-refractivity contribution in [1.29, 1.82) is 0 Å². The van der Waals surface area contributed by atoms with Gasteiger partial charge in [-0.2, -0.15) is 15.4 Å². The summed E-state index contributed by atoms with van der Waals surface area (Å²) in [4.78, 5) is 22.7. The Morgan fingerprint density at radius 2 is 1.85 bits per heavy atom. The van der Waals surface area contributed by atoms with Crippen LogP contribution in [0.5, 0.6) is 0 Å². The van der Waals surface area contributed by atoms with Crippen LogP contribution < -0.4 is 11.1 Å². The van der Waals surface area contributed by atoms with Gasteiger partial charge in [-0.05, 0) is 37.1 Å². The zero-order chi connectivity index (χ0) is 14.9. The molecule has 0 aliphatic rings. The molecule has 2 rings (SSSR count). The van der Waals surface area contributed by atoms with E-state index in [2.05, 4.69) is 20.7 Å². The normalized spacial score (nSPS) is 10.3. The van der Waals surface area contributed by atoms with Gasteiger partial charge >= 0.3 is 0 Å². The Hall–Kier alpha value is -2.70. The molecule has 0 atom stereocenters. The molecule has 7 heteroatoms. The molecule has 20 heavy (non-hydrogen) atoms. The average molecular weight is 273 g/mol. The Kier molecular flexibility index (Phi) is 3.51. The number of hydrogen-bond acceptors (Lipinski definition) is 4. The Balaban J connectivity index is 2.65.